The highest BCUT2D eigenvalue weighted by molar-refractivity contribution is 9.10. The molecule has 0 aliphatic rings. The summed E-state index contributed by atoms with van der Waals surface area (Å²) in [6, 6.07) is 9.48. The van der Waals surface area contributed by atoms with Gasteiger partial charge < -0.3 is 9.84 Å². The van der Waals surface area contributed by atoms with Crippen molar-refractivity contribution in [2.75, 3.05) is 7.11 Å². The fraction of sp³-hybridized carbons (Fsp3) is 0.267. The van der Waals surface area contributed by atoms with E-state index in [1.807, 2.05) is 37.3 Å². The zero-order chi connectivity index (χ0) is 13.8. The second-order valence-corrected chi connectivity index (χ2v) is 5.24. The number of ether oxygens (including phenoxy) is 1. The van der Waals surface area contributed by atoms with Crippen LogP contribution >= 0.6 is 15.9 Å². The summed E-state index contributed by atoms with van der Waals surface area (Å²) in [5.74, 6) is 0.755. The number of aryl methyl sites for hydroxylation is 1. The van der Waals surface area contributed by atoms with Crippen LogP contribution in [0.5, 0.6) is 5.75 Å². The van der Waals surface area contributed by atoms with Crippen LogP contribution in [0.15, 0.2) is 41.0 Å². The van der Waals surface area contributed by atoms with Crippen LogP contribution in [-0.4, -0.2) is 17.2 Å². The number of aliphatic hydroxyl groups is 1. The van der Waals surface area contributed by atoms with E-state index in [-0.39, 0.29) is 0 Å². The van der Waals surface area contributed by atoms with Gasteiger partial charge in [-0.25, -0.2) is 0 Å². The van der Waals surface area contributed by atoms with Gasteiger partial charge in [-0.05, 0) is 52.2 Å². The third-order valence-electron chi connectivity index (χ3n) is 3.07. The van der Waals surface area contributed by atoms with Crippen LogP contribution in [0.3, 0.4) is 0 Å². The van der Waals surface area contributed by atoms with Crippen molar-refractivity contribution < 1.29 is 9.84 Å². The Morgan fingerprint density at radius 2 is 2.16 bits per heavy atom. The van der Waals surface area contributed by atoms with Gasteiger partial charge in [-0.1, -0.05) is 12.1 Å². The molecule has 4 heteroatoms. The molecule has 1 N–H and O–H groups in total. The van der Waals surface area contributed by atoms with Gasteiger partial charge in [0.15, 0.2) is 0 Å². The second-order valence-electron chi connectivity index (χ2n) is 4.38. The first-order chi connectivity index (χ1) is 9.11. The molecule has 1 heterocycles. The minimum atomic E-state index is -0.573. The van der Waals surface area contributed by atoms with Crippen molar-refractivity contribution in [3.05, 3.63) is 57.8 Å². The molecule has 1 aromatic carbocycles. The van der Waals surface area contributed by atoms with E-state index < -0.39 is 6.10 Å². The number of pyridine rings is 1. The largest absolute Gasteiger partial charge is 0.496 e. The van der Waals surface area contributed by atoms with Gasteiger partial charge in [0.05, 0.1) is 17.7 Å². The maximum Gasteiger partial charge on any atom is 0.133 e. The molecule has 0 saturated carbocycles. The van der Waals surface area contributed by atoms with Gasteiger partial charge in [0, 0.05) is 18.3 Å². The minimum absolute atomic E-state index is 0.505. The summed E-state index contributed by atoms with van der Waals surface area (Å²) in [5.41, 5.74) is 2.86. The lowest BCUT2D eigenvalue weighted by Crippen LogP contribution is -2.05. The lowest BCUT2D eigenvalue weighted by atomic mass is 10.0. The van der Waals surface area contributed by atoms with Crippen molar-refractivity contribution in [1.82, 2.24) is 4.98 Å². The smallest absolute Gasteiger partial charge is 0.133 e. The van der Waals surface area contributed by atoms with Crippen LogP contribution in [0.1, 0.15) is 22.9 Å². The van der Waals surface area contributed by atoms with Crippen molar-refractivity contribution in [1.29, 1.82) is 0 Å². The molecule has 2 rings (SSSR count). The maximum absolute atomic E-state index is 10.3. The highest BCUT2D eigenvalue weighted by Crippen LogP contribution is 2.29. The molecule has 1 unspecified atom stereocenters. The van der Waals surface area contributed by atoms with Gasteiger partial charge in [0.1, 0.15) is 5.75 Å². The van der Waals surface area contributed by atoms with Gasteiger partial charge >= 0.3 is 0 Å². The van der Waals surface area contributed by atoms with Crippen molar-refractivity contribution >= 4 is 15.9 Å². The molecule has 0 fully saturated rings. The van der Waals surface area contributed by atoms with Crippen LogP contribution in [0.2, 0.25) is 0 Å². The van der Waals surface area contributed by atoms with Gasteiger partial charge in [-0.2, -0.15) is 0 Å². The second kappa shape index (κ2) is 6.17. The SMILES string of the molecule is COc1ccc(C(O)Cc2ncccc2C)cc1Br. The zero-order valence-corrected chi connectivity index (χ0v) is 12.5. The molecular formula is C15H16BrNO2. The normalized spacial score (nSPS) is 12.2. The molecule has 3 nitrogen and oxygen atoms in total. The first-order valence-electron chi connectivity index (χ1n) is 6.04. The molecule has 0 amide bonds. The van der Waals surface area contributed by atoms with E-state index in [0.29, 0.717) is 6.42 Å². The van der Waals surface area contributed by atoms with E-state index in [4.69, 9.17) is 4.74 Å². The molecule has 0 aliphatic carbocycles. The highest BCUT2D eigenvalue weighted by Gasteiger charge is 2.12. The summed E-state index contributed by atoms with van der Waals surface area (Å²) >= 11 is 3.42. The first kappa shape index (κ1) is 14.0. The highest BCUT2D eigenvalue weighted by atomic mass is 79.9. The Balaban J connectivity index is 2.18. The number of hydrogen-bond acceptors (Lipinski definition) is 3. The predicted octanol–water partition coefficient (Wildman–Crippen LogP) is 3.44. The number of aliphatic hydroxyl groups excluding tert-OH is 1. The molecular weight excluding hydrogens is 306 g/mol. The number of nitrogens with zero attached hydrogens (tertiary/aromatic N) is 1. The van der Waals surface area contributed by atoms with E-state index in [1.165, 1.54) is 0 Å². The number of hydrogen-bond donors (Lipinski definition) is 1. The molecule has 1 atom stereocenters. The first-order valence-corrected chi connectivity index (χ1v) is 6.83. The van der Waals surface area contributed by atoms with Gasteiger partial charge in [-0.15, -0.1) is 0 Å². The summed E-state index contributed by atoms with van der Waals surface area (Å²) in [6.07, 6.45) is 1.68. The fourth-order valence-corrected chi connectivity index (χ4v) is 2.48. The zero-order valence-electron chi connectivity index (χ0n) is 10.9. The van der Waals surface area contributed by atoms with Crippen LogP contribution in [-0.2, 0) is 6.42 Å². The Labute approximate surface area is 121 Å². The summed E-state index contributed by atoms with van der Waals surface area (Å²) in [5, 5.41) is 10.3. The van der Waals surface area contributed by atoms with Crippen molar-refractivity contribution in [2.24, 2.45) is 0 Å². The molecule has 0 bridgehead atoms. The van der Waals surface area contributed by atoms with Crippen LogP contribution in [0, 0.1) is 6.92 Å². The van der Waals surface area contributed by atoms with Gasteiger partial charge in [0.25, 0.3) is 0 Å². The minimum Gasteiger partial charge on any atom is -0.496 e. The monoisotopic (exact) mass is 321 g/mol. The predicted molar refractivity (Wildman–Crippen MR) is 78.3 cm³/mol. The summed E-state index contributed by atoms with van der Waals surface area (Å²) < 4.78 is 6.01. The Morgan fingerprint density at radius 3 is 2.79 bits per heavy atom. The lowest BCUT2D eigenvalue weighted by molar-refractivity contribution is 0.177. The third kappa shape index (κ3) is 3.33. The Kier molecular flexibility index (Phi) is 4.56. The molecule has 0 radical (unpaired) electrons. The van der Waals surface area contributed by atoms with E-state index in [2.05, 4.69) is 20.9 Å². The summed E-state index contributed by atoms with van der Waals surface area (Å²) in [6.45, 7) is 2.00. The van der Waals surface area contributed by atoms with E-state index in [1.54, 1.807) is 13.3 Å². The van der Waals surface area contributed by atoms with Crippen molar-refractivity contribution in [2.45, 2.75) is 19.4 Å². The van der Waals surface area contributed by atoms with E-state index >= 15 is 0 Å². The van der Waals surface area contributed by atoms with Crippen LogP contribution < -0.4 is 4.74 Å². The van der Waals surface area contributed by atoms with Gasteiger partial charge in [-0.3, -0.25) is 4.98 Å². The summed E-state index contributed by atoms with van der Waals surface area (Å²) in [7, 11) is 1.62. The molecule has 19 heavy (non-hydrogen) atoms. The topological polar surface area (TPSA) is 42.4 Å². The molecule has 100 valence electrons. The number of halogens is 1. The third-order valence-corrected chi connectivity index (χ3v) is 3.68. The van der Waals surface area contributed by atoms with Gasteiger partial charge in [0.2, 0.25) is 0 Å². The molecule has 0 saturated heterocycles. The number of benzene rings is 1. The maximum atomic E-state index is 10.3. The number of rotatable bonds is 4. The van der Waals surface area contributed by atoms with E-state index in [0.717, 1.165) is 27.0 Å². The Bertz CT molecular complexity index is 572. The molecule has 0 spiro atoms. The molecule has 1 aromatic heterocycles. The fourth-order valence-electron chi connectivity index (χ4n) is 1.92. The quantitative estimate of drug-likeness (QED) is 0.938. The molecule has 0 aliphatic heterocycles. The lowest BCUT2D eigenvalue weighted by Gasteiger charge is -2.13. The Hall–Kier alpha value is -1.39. The van der Waals surface area contributed by atoms with Crippen molar-refractivity contribution in [3.63, 3.8) is 0 Å². The average molecular weight is 322 g/mol. The number of aromatic nitrogens is 1. The summed E-state index contributed by atoms with van der Waals surface area (Å²) in [4.78, 5) is 4.30. The molecule has 2 aromatic rings. The average Bonchev–Trinajstić information content (AvgIpc) is 2.41. The van der Waals surface area contributed by atoms with Crippen LogP contribution in [0.4, 0.5) is 0 Å². The van der Waals surface area contributed by atoms with Crippen LogP contribution in [0.25, 0.3) is 0 Å². The Morgan fingerprint density at radius 1 is 1.37 bits per heavy atom. The van der Waals surface area contributed by atoms with Crippen molar-refractivity contribution in [3.8, 4) is 5.75 Å². The standard InChI is InChI=1S/C15H16BrNO2/c1-10-4-3-7-17-13(10)9-14(18)11-5-6-15(19-2)12(16)8-11/h3-8,14,18H,9H2,1-2H3. The van der Waals surface area contributed by atoms with E-state index in [9.17, 15) is 5.11 Å². The number of methoxy groups -OCH3 is 1.